The van der Waals surface area contributed by atoms with Gasteiger partial charge in [0.05, 0.1) is 6.04 Å². The standard InChI is InChI=1S/C24H28N4O/c1-18(26-13-15-27(16-14-26)19-7-3-2-4-8-19)24(29)28-12-11-23-21(17-28)20-9-5-6-10-22(20)25-23/h2-10,18,25H,11-17H2,1H3/t18-/m0/s1. The second kappa shape index (κ2) is 7.56. The van der Waals surface area contributed by atoms with Crippen LogP contribution in [0.1, 0.15) is 18.2 Å². The first-order valence-corrected chi connectivity index (χ1v) is 10.6. The zero-order valence-electron chi connectivity index (χ0n) is 17.0. The highest BCUT2D eigenvalue weighted by Crippen LogP contribution is 2.28. The van der Waals surface area contributed by atoms with Crippen LogP contribution in [0.25, 0.3) is 10.9 Å². The van der Waals surface area contributed by atoms with Gasteiger partial charge in [0.15, 0.2) is 0 Å². The van der Waals surface area contributed by atoms with Crippen LogP contribution in [-0.4, -0.2) is 59.5 Å². The Labute approximate surface area is 171 Å². The van der Waals surface area contributed by atoms with Crippen LogP contribution >= 0.6 is 0 Å². The normalized spacial score (nSPS) is 18.7. The van der Waals surface area contributed by atoms with Gasteiger partial charge in [-0.3, -0.25) is 9.69 Å². The molecule has 1 amide bonds. The van der Waals surface area contributed by atoms with Crippen LogP contribution in [0.2, 0.25) is 0 Å². The number of rotatable bonds is 3. The second-order valence-electron chi connectivity index (χ2n) is 8.17. The number of aromatic amines is 1. The van der Waals surface area contributed by atoms with Crippen molar-refractivity contribution in [3.8, 4) is 0 Å². The first-order chi connectivity index (χ1) is 14.2. The fraction of sp³-hybridized carbons (Fsp3) is 0.375. The van der Waals surface area contributed by atoms with Gasteiger partial charge in [-0.15, -0.1) is 0 Å². The molecule has 2 aliphatic heterocycles. The average molecular weight is 389 g/mol. The number of fused-ring (bicyclic) bond motifs is 3. The van der Waals surface area contributed by atoms with E-state index in [-0.39, 0.29) is 11.9 Å². The topological polar surface area (TPSA) is 42.6 Å². The van der Waals surface area contributed by atoms with E-state index >= 15 is 0 Å². The molecule has 1 aromatic heterocycles. The number of amides is 1. The van der Waals surface area contributed by atoms with Gasteiger partial charge in [-0.25, -0.2) is 0 Å². The Kier molecular flexibility index (Phi) is 4.76. The van der Waals surface area contributed by atoms with E-state index in [1.807, 2.05) is 0 Å². The van der Waals surface area contributed by atoms with E-state index in [4.69, 9.17) is 0 Å². The van der Waals surface area contributed by atoms with Crippen LogP contribution < -0.4 is 4.90 Å². The third-order valence-corrected chi connectivity index (χ3v) is 6.54. The monoisotopic (exact) mass is 388 g/mol. The van der Waals surface area contributed by atoms with Crippen molar-refractivity contribution in [1.29, 1.82) is 0 Å². The smallest absolute Gasteiger partial charge is 0.239 e. The summed E-state index contributed by atoms with van der Waals surface area (Å²) in [5, 5.41) is 1.25. The van der Waals surface area contributed by atoms with Gasteiger partial charge >= 0.3 is 0 Å². The lowest BCUT2D eigenvalue weighted by Crippen LogP contribution is -2.55. The molecule has 0 saturated carbocycles. The summed E-state index contributed by atoms with van der Waals surface area (Å²) >= 11 is 0. The number of hydrogen-bond acceptors (Lipinski definition) is 3. The number of aromatic nitrogens is 1. The second-order valence-corrected chi connectivity index (χ2v) is 8.17. The maximum atomic E-state index is 13.3. The number of H-pyrrole nitrogens is 1. The average Bonchev–Trinajstić information content (AvgIpc) is 3.17. The lowest BCUT2D eigenvalue weighted by atomic mass is 10.0. The number of benzene rings is 2. The molecule has 1 atom stereocenters. The molecule has 2 aliphatic rings. The number of carbonyl (C=O) groups is 1. The highest BCUT2D eigenvalue weighted by molar-refractivity contribution is 5.87. The van der Waals surface area contributed by atoms with Gasteiger partial charge in [0.2, 0.25) is 5.91 Å². The van der Waals surface area contributed by atoms with E-state index in [0.717, 1.165) is 39.1 Å². The third kappa shape index (κ3) is 3.40. The third-order valence-electron chi connectivity index (χ3n) is 6.54. The van der Waals surface area contributed by atoms with Crippen LogP contribution in [0.5, 0.6) is 0 Å². The molecule has 3 aromatic rings. The summed E-state index contributed by atoms with van der Waals surface area (Å²) in [4.78, 5) is 23.6. The zero-order valence-corrected chi connectivity index (χ0v) is 17.0. The van der Waals surface area contributed by atoms with Gasteiger partial charge < -0.3 is 14.8 Å². The van der Waals surface area contributed by atoms with E-state index in [0.29, 0.717) is 6.54 Å². The fourth-order valence-electron chi connectivity index (χ4n) is 4.78. The lowest BCUT2D eigenvalue weighted by molar-refractivity contribution is -0.137. The Hall–Kier alpha value is -2.79. The molecule has 1 fully saturated rings. The number of carbonyl (C=O) groups excluding carboxylic acids is 1. The first-order valence-electron chi connectivity index (χ1n) is 10.6. The number of anilines is 1. The summed E-state index contributed by atoms with van der Waals surface area (Å²) in [6.07, 6.45) is 0.907. The largest absolute Gasteiger partial charge is 0.369 e. The van der Waals surface area contributed by atoms with E-state index in [1.165, 1.54) is 27.8 Å². The number of hydrogen-bond donors (Lipinski definition) is 1. The lowest BCUT2D eigenvalue weighted by Gasteiger charge is -2.40. The highest BCUT2D eigenvalue weighted by Gasteiger charge is 2.31. The molecule has 5 heteroatoms. The highest BCUT2D eigenvalue weighted by atomic mass is 16.2. The first kappa shape index (κ1) is 18.3. The molecule has 0 radical (unpaired) electrons. The van der Waals surface area contributed by atoms with Crippen LogP contribution in [0.4, 0.5) is 5.69 Å². The Morgan fingerprint density at radius 1 is 0.931 bits per heavy atom. The predicted octanol–water partition coefficient (Wildman–Crippen LogP) is 3.26. The van der Waals surface area contributed by atoms with Gasteiger partial charge in [0.25, 0.3) is 0 Å². The Bertz CT molecular complexity index is 1000. The summed E-state index contributed by atoms with van der Waals surface area (Å²) < 4.78 is 0. The molecular weight excluding hydrogens is 360 g/mol. The molecule has 5 rings (SSSR count). The van der Waals surface area contributed by atoms with Gasteiger partial charge in [0, 0.05) is 73.5 Å². The molecule has 29 heavy (non-hydrogen) atoms. The van der Waals surface area contributed by atoms with E-state index in [2.05, 4.69) is 81.2 Å². The Morgan fingerprint density at radius 2 is 1.66 bits per heavy atom. The van der Waals surface area contributed by atoms with Gasteiger partial charge in [-0.05, 0) is 25.1 Å². The van der Waals surface area contributed by atoms with E-state index in [1.54, 1.807) is 0 Å². The van der Waals surface area contributed by atoms with Gasteiger partial charge in [-0.1, -0.05) is 36.4 Å². The molecular formula is C24H28N4O. The van der Waals surface area contributed by atoms with Gasteiger partial charge in [0.1, 0.15) is 0 Å². The maximum Gasteiger partial charge on any atom is 0.239 e. The van der Waals surface area contributed by atoms with Crippen molar-refractivity contribution in [3.63, 3.8) is 0 Å². The van der Waals surface area contributed by atoms with Crippen LogP contribution in [0, 0.1) is 0 Å². The van der Waals surface area contributed by atoms with Crippen molar-refractivity contribution in [2.45, 2.75) is 25.9 Å². The summed E-state index contributed by atoms with van der Waals surface area (Å²) in [5.74, 6) is 0.258. The molecule has 0 unspecified atom stereocenters. The van der Waals surface area contributed by atoms with Crippen molar-refractivity contribution in [2.75, 3.05) is 37.6 Å². The van der Waals surface area contributed by atoms with Crippen LogP contribution in [-0.2, 0) is 17.8 Å². The molecule has 1 N–H and O–H groups in total. The minimum atomic E-state index is -0.0697. The summed E-state index contributed by atoms with van der Waals surface area (Å²) in [6, 6.07) is 18.9. The molecule has 2 aromatic carbocycles. The zero-order chi connectivity index (χ0) is 19.8. The number of nitrogens with zero attached hydrogens (tertiary/aromatic N) is 3. The minimum Gasteiger partial charge on any atom is -0.369 e. The minimum absolute atomic E-state index is 0.0697. The SMILES string of the molecule is C[C@@H](C(=O)N1CCc2[nH]c3ccccc3c2C1)N1CCN(c2ccccc2)CC1. The molecule has 150 valence electrons. The molecule has 0 aliphatic carbocycles. The molecule has 3 heterocycles. The predicted molar refractivity (Wildman–Crippen MR) is 117 cm³/mol. The van der Waals surface area contributed by atoms with Crippen molar-refractivity contribution in [1.82, 2.24) is 14.8 Å². The van der Waals surface area contributed by atoms with Crippen LogP contribution in [0.3, 0.4) is 0 Å². The van der Waals surface area contributed by atoms with Crippen LogP contribution in [0.15, 0.2) is 54.6 Å². The maximum absolute atomic E-state index is 13.3. The van der Waals surface area contributed by atoms with Crippen molar-refractivity contribution < 1.29 is 4.79 Å². The Morgan fingerprint density at radius 3 is 2.45 bits per heavy atom. The van der Waals surface area contributed by atoms with Gasteiger partial charge in [-0.2, -0.15) is 0 Å². The summed E-state index contributed by atoms with van der Waals surface area (Å²) in [5.41, 5.74) is 5.03. The Balaban J connectivity index is 1.24. The van der Waals surface area contributed by atoms with Crippen molar-refractivity contribution in [2.24, 2.45) is 0 Å². The number of para-hydroxylation sites is 2. The molecule has 0 bridgehead atoms. The van der Waals surface area contributed by atoms with Crippen molar-refractivity contribution in [3.05, 3.63) is 65.9 Å². The quantitative estimate of drug-likeness (QED) is 0.749. The molecule has 5 nitrogen and oxygen atoms in total. The number of nitrogens with one attached hydrogen (secondary N) is 1. The fourth-order valence-corrected chi connectivity index (χ4v) is 4.78. The van der Waals surface area contributed by atoms with Crippen molar-refractivity contribution >= 4 is 22.5 Å². The molecule has 1 saturated heterocycles. The number of piperazine rings is 1. The summed E-state index contributed by atoms with van der Waals surface area (Å²) in [7, 11) is 0. The van der Waals surface area contributed by atoms with E-state index < -0.39 is 0 Å². The summed E-state index contributed by atoms with van der Waals surface area (Å²) in [6.45, 7) is 7.37. The van der Waals surface area contributed by atoms with E-state index in [9.17, 15) is 4.79 Å². The molecule has 0 spiro atoms.